The summed E-state index contributed by atoms with van der Waals surface area (Å²) in [4.78, 5) is 20.0. The number of imidazole rings is 1. The molecule has 1 amide bonds. The van der Waals surface area contributed by atoms with Crippen LogP contribution in [0.25, 0.3) is 11.0 Å². The Bertz CT molecular complexity index is 976. The molecule has 3 aromatic rings. The second-order valence-electron chi connectivity index (χ2n) is 8.09. The predicted octanol–water partition coefficient (Wildman–Crippen LogP) is 4.38. The van der Waals surface area contributed by atoms with Gasteiger partial charge in [0.25, 0.3) is 0 Å². The van der Waals surface area contributed by atoms with Gasteiger partial charge in [0.1, 0.15) is 5.82 Å². The number of amides is 1. The fourth-order valence-electron chi connectivity index (χ4n) is 4.24. The van der Waals surface area contributed by atoms with Crippen molar-refractivity contribution in [3.63, 3.8) is 0 Å². The number of hydrogen-bond acceptors (Lipinski definition) is 3. The van der Waals surface area contributed by atoms with Crippen LogP contribution in [-0.4, -0.2) is 33.4 Å². The van der Waals surface area contributed by atoms with E-state index in [0.29, 0.717) is 0 Å². The number of aromatic nitrogens is 2. The van der Waals surface area contributed by atoms with Crippen molar-refractivity contribution in [2.45, 2.75) is 39.2 Å². The van der Waals surface area contributed by atoms with Gasteiger partial charge in [0.05, 0.1) is 23.5 Å². The Kier molecular flexibility index (Phi) is 5.95. The molecule has 1 saturated heterocycles. The number of carbonyl (C=O) groups is 1. The smallest absolute Gasteiger partial charge is 0.228 e. The van der Waals surface area contributed by atoms with Crippen LogP contribution in [0.3, 0.4) is 0 Å². The SMILES string of the molecule is CCCc1ccc(NC(=O)[C@@H]2CCCN(Cc3nc4ccccc4n3C)C2)cc1. The molecule has 0 saturated carbocycles. The molecule has 1 aliphatic heterocycles. The number of aryl methyl sites for hydroxylation is 2. The van der Waals surface area contributed by atoms with Crippen molar-refractivity contribution in [1.82, 2.24) is 14.5 Å². The van der Waals surface area contributed by atoms with E-state index >= 15 is 0 Å². The minimum absolute atomic E-state index is 0.0220. The van der Waals surface area contributed by atoms with Gasteiger partial charge in [-0.15, -0.1) is 0 Å². The van der Waals surface area contributed by atoms with Gasteiger partial charge < -0.3 is 9.88 Å². The maximum Gasteiger partial charge on any atom is 0.228 e. The Morgan fingerprint density at radius 2 is 1.97 bits per heavy atom. The summed E-state index contributed by atoms with van der Waals surface area (Å²) in [5.74, 6) is 1.20. The highest BCUT2D eigenvalue weighted by Crippen LogP contribution is 2.22. The number of anilines is 1. The molecule has 1 fully saturated rings. The van der Waals surface area contributed by atoms with Crippen LogP contribution < -0.4 is 5.32 Å². The number of hydrogen-bond donors (Lipinski definition) is 1. The minimum atomic E-state index is 0.0220. The third-order valence-electron chi connectivity index (χ3n) is 5.88. The summed E-state index contributed by atoms with van der Waals surface area (Å²) < 4.78 is 2.16. The number of benzene rings is 2. The van der Waals surface area contributed by atoms with E-state index in [1.54, 1.807) is 0 Å². The molecular formula is C24H30N4O. The Morgan fingerprint density at radius 3 is 2.72 bits per heavy atom. The van der Waals surface area contributed by atoms with E-state index in [-0.39, 0.29) is 11.8 Å². The zero-order valence-corrected chi connectivity index (χ0v) is 17.4. The first kappa shape index (κ1) is 19.6. The summed E-state index contributed by atoms with van der Waals surface area (Å²) in [6, 6.07) is 16.5. The van der Waals surface area contributed by atoms with Gasteiger partial charge in [0, 0.05) is 19.3 Å². The summed E-state index contributed by atoms with van der Waals surface area (Å²) in [5.41, 5.74) is 4.39. The topological polar surface area (TPSA) is 50.2 Å². The lowest BCUT2D eigenvalue weighted by molar-refractivity contribution is -0.121. The Morgan fingerprint density at radius 1 is 1.17 bits per heavy atom. The summed E-state index contributed by atoms with van der Waals surface area (Å²) in [6.45, 7) is 4.75. The fourth-order valence-corrected chi connectivity index (χ4v) is 4.24. The number of piperidine rings is 1. The van der Waals surface area contributed by atoms with Crippen LogP contribution in [0.1, 0.15) is 37.6 Å². The number of nitrogens with one attached hydrogen (secondary N) is 1. The van der Waals surface area contributed by atoms with E-state index in [0.717, 1.165) is 67.9 Å². The largest absolute Gasteiger partial charge is 0.330 e. The van der Waals surface area contributed by atoms with Gasteiger partial charge >= 0.3 is 0 Å². The molecule has 152 valence electrons. The van der Waals surface area contributed by atoms with Gasteiger partial charge in [0.2, 0.25) is 5.91 Å². The molecule has 0 spiro atoms. The molecule has 0 radical (unpaired) electrons. The van der Waals surface area contributed by atoms with Crippen molar-refractivity contribution in [3.05, 3.63) is 59.9 Å². The molecule has 1 aromatic heterocycles. The maximum absolute atomic E-state index is 12.8. The van der Waals surface area contributed by atoms with Crippen molar-refractivity contribution in [1.29, 1.82) is 0 Å². The zero-order valence-electron chi connectivity index (χ0n) is 17.4. The third-order valence-corrected chi connectivity index (χ3v) is 5.88. The predicted molar refractivity (Wildman–Crippen MR) is 118 cm³/mol. The molecule has 1 atom stereocenters. The summed E-state index contributed by atoms with van der Waals surface area (Å²) in [5, 5.41) is 3.11. The van der Waals surface area contributed by atoms with Crippen molar-refractivity contribution in [2.75, 3.05) is 18.4 Å². The van der Waals surface area contributed by atoms with E-state index in [1.165, 1.54) is 5.56 Å². The quantitative estimate of drug-likeness (QED) is 0.680. The van der Waals surface area contributed by atoms with Crippen molar-refractivity contribution < 1.29 is 4.79 Å². The molecule has 5 heteroatoms. The second kappa shape index (κ2) is 8.78. The average Bonchev–Trinajstić information content (AvgIpc) is 3.05. The van der Waals surface area contributed by atoms with Crippen LogP contribution >= 0.6 is 0 Å². The first-order valence-electron chi connectivity index (χ1n) is 10.7. The van der Waals surface area contributed by atoms with E-state index < -0.39 is 0 Å². The lowest BCUT2D eigenvalue weighted by atomic mass is 9.97. The Hall–Kier alpha value is -2.66. The molecule has 1 N–H and O–H groups in total. The standard InChI is InChI=1S/C24H30N4O/c1-3-7-18-11-13-20(14-12-18)25-24(29)19-8-6-15-28(16-19)17-23-26-21-9-4-5-10-22(21)27(23)2/h4-5,9-14,19H,3,6-8,15-17H2,1-2H3,(H,25,29)/t19-/m1/s1. The van der Waals surface area contributed by atoms with Gasteiger partial charge in [-0.05, 0) is 55.6 Å². The van der Waals surface area contributed by atoms with Crippen LogP contribution in [0.5, 0.6) is 0 Å². The lowest BCUT2D eigenvalue weighted by Gasteiger charge is -2.31. The monoisotopic (exact) mass is 390 g/mol. The highest BCUT2D eigenvalue weighted by Gasteiger charge is 2.26. The molecule has 2 heterocycles. The number of likely N-dealkylation sites (tertiary alicyclic amines) is 1. The highest BCUT2D eigenvalue weighted by atomic mass is 16.1. The van der Waals surface area contributed by atoms with Gasteiger partial charge in [-0.25, -0.2) is 4.98 Å². The van der Waals surface area contributed by atoms with Crippen LogP contribution in [0, 0.1) is 5.92 Å². The number of carbonyl (C=O) groups excluding carboxylic acids is 1. The molecule has 5 nitrogen and oxygen atoms in total. The molecule has 0 bridgehead atoms. The molecular weight excluding hydrogens is 360 g/mol. The van der Waals surface area contributed by atoms with Crippen LogP contribution in [-0.2, 0) is 24.8 Å². The highest BCUT2D eigenvalue weighted by molar-refractivity contribution is 5.92. The van der Waals surface area contributed by atoms with Gasteiger partial charge in [-0.1, -0.05) is 37.6 Å². The van der Waals surface area contributed by atoms with Gasteiger partial charge in [0.15, 0.2) is 0 Å². The zero-order chi connectivity index (χ0) is 20.2. The number of fused-ring (bicyclic) bond motifs is 1. The number of para-hydroxylation sites is 2. The van der Waals surface area contributed by atoms with Crippen LogP contribution in [0.2, 0.25) is 0 Å². The first-order chi connectivity index (χ1) is 14.1. The normalized spacial score (nSPS) is 17.5. The molecule has 4 rings (SSSR count). The van der Waals surface area contributed by atoms with Crippen molar-refractivity contribution in [3.8, 4) is 0 Å². The van der Waals surface area contributed by atoms with Crippen LogP contribution in [0.15, 0.2) is 48.5 Å². The summed E-state index contributed by atoms with van der Waals surface area (Å²) >= 11 is 0. The summed E-state index contributed by atoms with van der Waals surface area (Å²) in [7, 11) is 2.07. The lowest BCUT2D eigenvalue weighted by Crippen LogP contribution is -2.40. The second-order valence-corrected chi connectivity index (χ2v) is 8.09. The van der Waals surface area contributed by atoms with E-state index in [2.05, 4.69) is 53.0 Å². The maximum atomic E-state index is 12.8. The van der Waals surface area contributed by atoms with Crippen LogP contribution in [0.4, 0.5) is 5.69 Å². The van der Waals surface area contributed by atoms with Gasteiger partial charge in [-0.3, -0.25) is 9.69 Å². The Labute approximate surface area is 172 Å². The molecule has 1 aliphatic rings. The van der Waals surface area contributed by atoms with E-state index in [9.17, 15) is 4.79 Å². The average molecular weight is 391 g/mol. The van der Waals surface area contributed by atoms with Crippen molar-refractivity contribution in [2.24, 2.45) is 13.0 Å². The molecule has 0 aliphatic carbocycles. The third kappa shape index (κ3) is 4.51. The van der Waals surface area contributed by atoms with E-state index in [4.69, 9.17) is 4.98 Å². The fraction of sp³-hybridized carbons (Fsp3) is 0.417. The number of nitrogens with zero attached hydrogens (tertiary/aromatic N) is 3. The Balaban J connectivity index is 1.38. The molecule has 2 aromatic carbocycles. The first-order valence-corrected chi connectivity index (χ1v) is 10.7. The van der Waals surface area contributed by atoms with E-state index in [1.807, 2.05) is 24.3 Å². The molecule has 0 unspecified atom stereocenters. The van der Waals surface area contributed by atoms with Gasteiger partial charge in [-0.2, -0.15) is 0 Å². The minimum Gasteiger partial charge on any atom is -0.330 e. The van der Waals surface area contributed by atoms with Crippen molar-refractivity contribution >= 4 is 22.6 Å². The summed E-state index contributed by atoms with van der Waals surface area (Å²) in [6.07, 6.45) is 4.19. The number of rotatable bonds is 6. The molecule has 29 heavy (non-hydrogen) atoms.